The summed E-state index contributed by atoms with van der Waals surface area (Å²) in [6, 6.07) is 19.2. The molecule has 0 N–H and O–H groups in total. The molecule has 7 heteroatoms. The molecule has 1 aliphatic carbocycles. The standard InChI is InChI=1S/C25H24N4O3/c1-32-23(31)16-17-10-11-19(15-17)29-22(30)13-12-20(26-29)24-21-9-5-6-14-28(21)27-25(24)18-7-3-2-4-8-18/h2-9,12-14,17,19H,10-11,15-16H2,1H3/t17-,19-/m0/s1. The first-order valence-electron chi connectivity index (χ1n) is 10.8. The lowest BCUT2D eigenvalue weighted by molar-refractivity contribution is -0.141. The largest absolute Gasteiger partial charge is 0.469 e. The molecule has 7 nitrogen and oxygen atoms in total. The van der Waals surface area contributed by atoms with E-state index >= 15 is 0 Å². The predicted octanol–water partition coefficient (Wildman–Crippen LogP) is 4.13. The first-order chi connectivity index (χ1) is 15.6. The highest BCUT2D eigenvalue weighted by molar-refractivity contribution is 5.90. The van der Waals surface area contributed by atoms with E-state index in [9.17, 15) is 9.59 Å². The number of methoxy groups -OCH3 is 1. The van der Waals surface area contributed by atoms with E-state index in [4.69, 9.17) is 14.9 Å². The molecule has 0 amide bonds. The maximum atomic E-state index is 12.7. The molecular formula is C25H24N4O3. The van der Waals surface area contributed by atoms with Crippen LogP contribution < -0.4 is 5.56 Å². The van der Waals surface area contributed by atoms with E-state index in [0.717, 1.165) is 41.6 Å². The first kappa shape index (κ1) is 20.2. The maximum Gasteiger partial charge on any atom is 0.305 e. The van der Waals surface area contributed by atoms with Crippen molar-refractivity contribution in [1.29, 1.82) is 0 Å². The fourth-order valence-corrected chi connectivity index (χ4v) is 4.64. The Bertz CT molecular complexity index is 1330. The zero-order chi connectivity index (χ0) is 22.1. The Labute approximate surface area is 185 Å². The molecule has 0 radical (unpaired) electrons. The molecule has 3 heterocycles. The highest BCUT2D eigenvalue weighted by Gasteiger charge is 2.29. The highest BCUT2D eigenvalue weighted by Crippen LogP contribution is 2.37. The minimum atomic E-state index is -0.205. The predicted molar refractivity (Wildman–Crippen MR) is 121 cm³/mol. The van der Waals surface area contributed by atoms with Gasteiger partial charge in [-0.25, -0.2) is 9.20 Å². The number of rotatable bonds is 5. The van der Waals surface area contributed by atoms with Gasteiger partial charge in [-0.05, 0) is 43.4 Å². The van der Waals surface area contributed by atoms with Crippen LogP contribution in [0.3, 0.4) is 0 Å². The topological polar surface area (TPSA) is 78.5 Å². The Morgan fingerprint density at radius 3 is 2.66 bits per heavy atom. The van der Waals surface area contributed by atoms with E-state index in [-0.39, 0.29) is 23.5 Å². The van der Waals surface area contributed by atoms with Gasteiger partial charge in [-0.1, -0.05) is 36.4 Å². The van der Waals surface area contributed by atoms with Gasteiger partial charge in [-0.2, -0.15) is 10.2 Å². The second-order valence-electron chi connectivity index (χ2n) is 8.23. The van der Waals surface area contributed by atoms with Gasteiger partial charge in [0.05, 0.1) is 29.9 Å². The summed E-state index contributed by atoms with van der Waals surface area (Å²) in [7, 11) is 1.41. The molecule has 32 heavy (non-hydrogen) atoms. The summed E-state index contributed by atoms with van der Waals surface area (Å²) in [4.78, 5) is 24.4. The lowest BCUT2D eigenvalue weighted by atomic mass is 10.0. The molecule has 0 saturated heterocycles. The van der Waals surface area contributed by atoms with Crippen LogP contribution in [0.5, 0.6) is 0 Å². The second-order valence-corrected chi connectivity index (χ2v) is 8.23. The van der Waals surface area contributed by atoms with Crippen molar-refractivity contribution in [2.45, 2.75) is 31.7 Å². The molecule has 1 aromatic carbocycles. The number of fused-ring (bicyclic) bond motifs is 1. The maximum absolute atomic E-state index is 12.7. The number of nitrogens with zero attached hydrogens (tertiary/aromatic N) is 4. The van der Waals surface area contributed by atoms with Crippen LogP contribution in [0.4, 0.5) is 0 Å². The summed E-state index contributed by atoms with van der Waals surface area (Å²) in [5, 5.41) is 9.60. The molecule has 5 rings (SSSR count). The van der Waals surface area contributed by atoms with Gasteiger partial charge in [0.2, 0.25) is 0 Å². The summed E-state index contributed by atoms with van der Waals surface area (Å²) in [6.45, 7) is 0. The summed E-state index contributed by atoms with van der Waals surface area (Å²) in [6.07, 6.45) is 4.73. The number of carbonyl (C=O) groups excluding carboxylic acids is 1. The lowest BCUT2D eigenvalue weighted by Gasteiger charge is -2.14. The molecule has 0 unspecified atom stereocenters. The van der Waals surface area contributed by atoms with Crippen molar-refractivity contribution in [3.05, 3.63) is 77.2 Å². The highest BCUT2D eigenvalue weighted by atomic mass is 16.5. The van der Waals surface area contributed by atoms with Crippen molar-refractivity contribution in [2.75, 3.05) is 7.11 Å². The minimum Gasteiger partial charge on any atom is -0.469 e. The Kier molecular flexibility index (Phi) is 5.31. The zero-order valence-electron chi connectivity index (χ0n) is 17.8. The molecule has 162 valence electrons. The third-order valence-corrected chi connectivity index (χ3v) is 6.21. The van der Waals surface area contributed by atoms with Crippen LogP contribution in [0.1, 0.15) is 31.7 Å². The van der Waals surface area contributed by atoms with Gasteiger partial charge in [0.1, 0.15) is 5.69 Å². The lowest BCUT2D eigenvalue weighted by Crippen LogP contribution is -2.26. The molecule has 1 fully saturated rings. The SMILES string of the molecule is COC(=O)C[C@H]1CC[C@H](n2nc(-c3c(-c4ccccc4)nn4ccccc34)ccc2=O)C1. The van der Waals surface area contributed by atoms with Gasteiger partial charge in [0.25, 0.3) is 5.56 Å². The number of esters is 1. The molecule has 0 bridgehead atoms. The molecule has 1 saturated carbocycles. The van der Waals surface area contributed by atoms with Crippen LogP contribution in [-0.4, -0.2) is 32.5 Å². The molecular weight excluding hydrogens is 404 g/mol. The van der Waals surface area contributed by atoms with E-state index in [1.807, 2.05) is 59.2 Å². The van der Waals surface area contributed by atoms with Crippen molar-refractivity contribution >= 4 is 11.5 Å². The Balaban J connectivity index is 1.57. The normalized spacial score (nSPS) is 18.2. The Morgan fingerprint density at radius 1 is 1.03 bits per heavy atom. The third kappa shape index (κ3) is 3.70. The third-order valence-electron chi connectivity index (χ3n) is 6.21. The van der Waals surface area contributed by atoms with E-state index in [1.54, 1.807) is 16.8 Å². The second kappa shape index (κ2) is 8.42. The van der Waals surface area contributed by atoms with Gasteiger partial charge >= 0.3 is 5.97 Å². The van der Waals surface area contributed by atoms with Crippen LogP contribution in [0.15, 0.2) is 71.7 Å². The number of hydrogen-bond donors (Lipinski definition) is 0. The van der Waals surface area contributed by atoms with E-state index in [2.05, 4.69) is 0 Å². The number of carbonyl (C=O) groups is 1. The number of aromatic nitrogens is 4. The van der Waals surface area contributed by atoms with Gasteiger partial charge < -0.3 is 4.74 Å². The molecule has 1 aliphatic rings. The summed E-state index contributed by atoms with van der Waals surface area (Å²) < 4.78 is 8.24. The van der Waals surface area contributed by atoms with Gasteiger partial charge in [-0.3, -0.25) is 9.59 Å². The zero-order valence-corrected chi connectivity index (χ0v) is 17.8. The molecule has 2 atom stereocenters. The van der Waals surface area contributed by atoms with Crippen LogP contribution in [0.2, 0.25) is 0 Å². The van der Waals surface area contributed by atoms with Gasteiger partial charge in [-0.15, -0.1) is 0 Å². The van der Waals surface area contributed by atoms with Gasteiger partial charge in [0, 0.05) is 24.2 Å². The average molecular weight is 428 g/mol. The van der Waals surface area contributed by atoms with E-state index < -0.39 is 0 Å². The summed E-state index contributed by atoms with van der Waals surface area (Å²) in [5.41, 5.74) is 4.22. The molecule has 3 aromatic heterocycles. The monoisotopic (exact) mass is 428 g/mol. The van der Waals surface area contributed by atoms with Crippen molar-refractivity contribution < 1.29 is 9.53 Å². The molecule has 0 spiro atoms. The Hall–Kier alpha value is -3.74. The smallest absolute Gasteiger partial charge is 0.305 e. The van der Waals surface area contributed by atoms with Gasteiger partial charge in [0.15, 0.2) is 0 Å². The van der Waals surface area contributed by atoms with Crippen molar-refractivity contribution in [1.82, 2.24) is 19.4 Å². The van der Waals surface area contributed by atoms with Crippen molar-refractivity contribution in [3.8, 4) is 22.5 Å². The Morgan fingerprint density at radius 2 is 1.84 bits per heavy atom. The summed E-state index contributed by atoms with van der Waals surface area (Å²) in [5.74, 6) is 0.00484. The van der Waals surface area contributed by atoms with Crippen molar-refractivity contribution in [3.63, 3.8) is 0 Å². The summed E-state index contributed by atoms with van der Waals surface area (Å²) >= 11 is 0. The number of benzene rings is 1. The van der Waals surface area contributed by atoms with Crippen LogP contribution in [-0.2, 0) is 9.53 Å². The number of pyridine rings is 1. The van der Waals surface area contributed by atoms with E-state index in [1.165, 1.54) is 7.11 Å². The van der Waals surface area contributed by atoms with Crippen molar-refractivity contribution in [2.24, 2.45) is 5.92 Å². The minimum absolute atomic E-state index is 0.0286. The fraction of sp³-hybridized carbons (Fsp3) is 0.280. The first-order valence-corrected chi connectivity index (χ1v) is 10.8. The number of ether oxygens (including phenoxy) is 1. The van der Waals surface area contributed by atoms with Crippen LogP contribution in [0.25, 0.3) is 28.0 Å². The fourth-order valence-electron chi connectivity index (χ4n) is 4.64. The number of hydrogen-bond acceptors (Lipinski definition) is 5. The van der Waals surface area contributed by atoms with Crippen LogP contribution >= 0.6 is 0 Å². The quantitative estimate of drug-likeness (QED) is 0.447. The molecule has 4 aromatic rings. The molecule has 0 aliphatic heterocycles. The van der Waals surface area contributed by atoms with Crippen LogP contribution in [0, 0.1) is 5.92 Å². The average Bonchev–Trinajstić information content (AvgIpc) is 3.45. The van der Waals surface area contributed by atoms with E-state index in [0.29, 0.717) is 12.1 Å².